The molecule has 0 N–H and O–H groups in total. The zero-order valence-electron chi connectivity index (χ0n) is 40.3. The highest BCUT2D eigenvalue weighted by molar-refractivity contribution is 5.72. The van der Waals surface area contributed by atoms with Gasteiger partial charge in [0.05, 0.1) is 26.1 Å². The molecule has 0 bridgehead atoms. The van der Waals surface area contributed by atoms with E-state index in [-0.39, 0.29) is 51.1 Å². The molecule has 0 saturated carbocycles. The van der Waals surface area contributed by atoms with Crippen molar-refractivity contribution in [2.24, 2.45) is 11.8 Å². The number of unbranched alkanes of at least 4 members (excludes halogenated alkanes) is 8. The summed E-state index contributed by atoms with van der Waals surface area (Å²) in [7, 11) is 0. The molecule has 12 nitrogen and oxygen atoms in total. The molecular weight excluding hydrogens is 761 g/mol. The predicted octanol–water partition coefficient (Wildman–Crippen LogP) is 10.7. The molecule has 2 amide bonds. The molecule has 0 rings (SSSR count). The van der Waals surface area contributed by atoms with Crippen LogP contribution in [0.2, 0.25) is 0 Å². The van der Waals surface area contributed by atoms with Crippen LogP contribution in [0, 0.1) is 11.8 Å². The molecule has 0 fully saturated rings. The third-order valence-electron chi connectivity index (χ3n) is 11.4. The minimum absolute atomic E-state index is 0.141. The Bertz CT molecular complexity index is 954. The third kappa shape index (κ3) is 31.3. The molecular formula is C48H94N4O8. The highest BCUT2D eigenvalue weighted by Gasteiger charge is 2.21. The lowest BCUT2D eigenvalue weighted by molar-refractivity contribution is -0.146. The molecule has 60 heavy (non-hydrogen) atoms. The van der Waals surface area contributed by atoms with Crippen LogP contribution in [0.3, 0.4) is 0 Å². The first kappa shape index (κ1) is 57.4. The zero-order chi connectivity index (χ0) is 44.6. The van der Waals surface area contributed by atoms with E-state index in [1.807, 2.05) is 13.8 Å². The molecule has 12 heteroatoms. The number of hydrogen-bond donors (Lipinski definition) is 0. The number of nitrogens with zero attached hydrogens (tertiary/aromatic N) is 4. The number of esters is 2. The van der Waals surface area contributed by atoms with Gasteiger partial charge >= 0.3 is 24.1 Å². The Morgan fingerprint density at radius 3 is 1.05 bits per heavy atom. The van der Waals surface area contributed by atoms with Crippen molar-refractivity contribution in [2.75, 3.05) is 91.9 Å². The lowest BCUT2D eigenvalue weighted by atomic mass is 9.96. The number of carbonyl (C=O) groups excluding carboxylic acids is 4. The van der Waals surface area contributed by atoms with Crippen LogP contribution in [0.15, 0.2) is 0 Å². The summed E-state index contributed by atoms with van der Waals surface area (Å²) in [6, 6.07) is 0. The average Bonchev–Trinajstić information content (AvgIpc) is 3.24. The first-order valence-electron chi connectivity index (χ1n) is 24.7. The van der Waals surface area contributed by atoms with Gasteiger partial charge in [0.2, 0.25) is 0 Å². The minimum Gasteiger partial charge on any atom is -0.465 e. The Labute approximate surface area is 368 Å². The number of hydrogen-bond acceptors (Lipinski definition) is 10. The summed E-state index contributed by atoms with van der Waals surface area (Å²) in [6.45, 7) is 24.2. The predicted molar refractivity (Wildman–Crippen MR) is 245 cm³/mol. The van der Waals surface area contributed by atoms with Crippen molar-refractivity contribution < 1.29 is 38.1 Å². The van der Waals surface area contributed by atoms with Crippen molar-refractivity contribution in [3.63, 3.8) is 0 Å². The summed E-state index contributed by atoms with van der Waals surface area (Å²) in [5, 5.41) is 0. The minimum atomic E-state index is -0.436. The van der Waals surface area contributed by atoms with Gasteiger partial charge in [0, 0.05) is 52.4 Å². The number of rotatable bonds is 41. The van der Waals surface area contributed by atoms with Crippen LogP contribution in [0.25, 0.3) is 0 Å². The summed E-state index contributed by atoms with van der Waals surface area (Å²) >= 11 is 0. The molecule has 0 aromatic rings. The van der Waals surface area contributed by atoms with E-state index in [0.29, 0.717) is 51.2 Å². The van der Waals surface area contributed by atoms with E-state index in [0.717, 1.165) is 90.4 Å². The van der Waals surface area contributed by atoms with Gasteiger partial charge in [0.25, 0.3) is 0 Å². The Kier molecular flexibility index (Phi) is 38.7. The van der Waals surface area contributed by atoms with Gasteiger partial charge < -0.3 is 33.6 Å². The normalized spacial score (nSPS) is 11.5. The van der Waals surface area contributed by atoms with Crippen molar-refractivity contribution in [1.29, 1.82) is 0 Å². The number of ether oxygens (including phenoxy) is 4. The fraction of sp³-hybridized carbons (Fsp3) is 0.917. The summed E-state index contributed by atoms with van der Waals surface area (Å²) < 4.78 is 22.9. The topological polar surface area (TPSA) is 118 Å². The molecule has 0 aliphatic heterocycles. The SMILES string of the molecule is CCCCCC(CCCCC)COC(=O)CCN(CCC)C(=O)OCCN(CCOC(=O)N(CCC)CCC(=O)OCC(CCCCC)CCCCC)CCN(CC)CC. The molecule has 0 spiro atoms. The summed E-state index contributed by atoms with van der Waals surface area (Å²) in [6.07, 6.45) is 19.4. The maximum absolute atomic E-state index is 13.2. The van der Waals surface area contributed by atoms with Gasteiger partial charge in [-0.15, -0.1) is 0 Å². The van der Waals surface area contributed by atoms with Gasteiger partial charge in [-0.2, -0.15) is 0 Å². The van der Waals surface area contributed by atoms with Crippen molar-refractivity contribution in [1.82, 2.24) is 19.6 Å². The van der Waals surface area contributed by atoms with Gasteiger partial charge in [-0.3, -0.25) is 14.5 Å². The molecule has 0 aromatic heterocycles. The maximum atomic E-state index is 13.2. The number of amides is 2. The second kappa shape index (κ2) is 40.5. The number of likely N-dealkylation sites (N-methyl/N-ethyl adjacent to an activating group) is 1. The molecule has 0 unspecified atom stereocenters. The van der Waals surface area contributed by atoms with E-state index in [2.05, 4.69) is 51.3 Å². The fourth-order valence-electron chi connectivity index (χ4n) is 7.37. The number of carbonyl (C=O) groups is 4. The third-order valence-corrected chi connectivity index (χ3v) is 11.4. The van der Waals surface area contributed by atoms with Crippen molar-refractivity contribution in [3.8, 4) is 0 Å². The maximum Gasteiger partial charge on any atom is 0.409 e. The van der Waals surface area contributed by atoms with Crippen LogP contribution < -0.4 is 0 Å². The van der Waals surface area contributed by atoms with Crippen LogP contribution >= 0.6 is 0 Å². The molecule has 0 aromatic carbocycles. The van der Waals surface area contributed by atoms with E-state index >= 15 is 0 Å². The molecule has 354 valence electrons. The largest absolute Gasteiger partial charge is 0.465 e. The standard InChI is InChI=1S/C48H94N4O8/c1-9-17-21-25-43(26-22-18-10-2)41-59-45(53)29-33-51(31-13-5)47(55)57-39-37-50(36-35-49(15-7)16-8)38-40-58-48(56)52(32-14-6)34-30-46(54)60-42-44(27-23-19-11-3)28-24-20-12-4/h43-44H,9-42H2,1-8H3. The van der Waals surface area contributed by atoms with Crippen molar-refractivity contribution in [3.05, 3.63) is 0 Å². The van der Waals surface area contributed by atoms with Crippen molar-refractivity contribution in [2.45, 2.75) is 184 Å². The molecule has 0 aliphatic carbocycles. The Balaban J connectivity index is 5.12. The molecule has 0 radical (unpaired) electrons. The monoisotopic (exact) mass is 855 g/mol. The highest BCUT2D eigenvalue weighted by atomic mass is 16.6. The summed E-state index contributed by atoms with van der Waals surface area (Å²) in [4.78, 5) is 59.6. The van der Waals surface area contributed by atoms with Gasteiger partial charge in [0.15, 0.2) is 0 Å². The van der Waals surface area contributed by atoms with E-state index in [4.69, 9.17) is 18.9 Å². The molecule has 0 saturated heterocycles. The molecule has 0 atom stereocenters. The highest BCUT2D eigenvalue weighted by Crippen LogP contribution is 2.20. The van der Waals surface area contributed by atoms with Crippen LogP contribution in [0.5, 0.6) is 0 Å². The van der Waals surface area contributed by atoms with Crippen LogP contribution in [-0.2, 0) is 28.5 Å². The van der Waals surface area contributed by atoms with Gasteiger partial charge in [0.1, 0.15) is 13.2 Å². The zero-order valence-corrected chi connectivity index (χ0v) is 40.3. The molecule has 0 aliphatic rings. The van der Waals surface area contributed by atoms with Crippen LogP contribution in [0.4, 0.5) is 9.59 Å². The van der Waals surface area contributed by atoms with E-state index in [1.165, 1.54) is 51.4 Å². The van der Waals surface area contributed by atoms with E-state index in [9.17, 15) is 19.2 Å². The second-order valence-corrected chi connectivity index (χ2v) is 16.7. The van der Waals surface area contributed by atoms with E-state index < -0.39 is 12.2 Å². The fourth-order valence-corrected chi connectivity index (χ4v) is 7.37. The lowest BCUT2D eigenvalue weighted by Gasteiger charge is -2.27. The Morgan fingerprint density at radius 2 is 0.733 bits per heavy atom. The van der Waals surface area contributed by atoms with Crippen molar-refractivity contribution >= 4 is 24.1 Å². The average molecular weight is 855 g/mol. The first-order chi connectivity index (χ1) is 29.1. The van der Waals surface area contributed by atoms with Gasteiger partial charge in [-0.25, -0.2) is 9.59 Å². The van der Waals surface area contributed by atoms with Crippen LogP contribution in [-0.4, -0.2) is 136 Å². The van der Waals surface area contributed by atoms with Gasteiger partial charge in [-0.1, -0.05) is 132 Å². The quantitative estimate of drug-likeness (QED) is 0.0334. The lowest BCUT2D eigenvalue weighted by Crippen LogP contribution is -2.41. The summed E-state index contributed by atoms with van der Waals surface area (Å²) in [5.74, 6) is 0.250. The molecule has 0 heterocycles. The Hall–Kier alpha value is -2.60. The summed E-state index contributed by atoms with van der Waals surface area (Å²) in [5.41, 5.74) is 0. The van der Waals surface area contributed by atoms with Crippen LogP contribution in [0.1, 0.15) is 184 Å². The first-order valence-corrected chi connectivity index (χ1v) is 24.7. The Morgan fingerprint density at radius 1 is 0.383 bits per heavy atom. The smallest absolute Gasteiger partial charge is 0.409 e. The second-order valence-electron chi connectivity index (χ2n) is 16.7. The van der Waals surface area contributed by atoms with E-state index in [1.54, 1.807) is 9.80 Å². The van der Waals surface area contributed by atoms with Gasteiger partial charge in [-0.05, 0) is 63.5 Å².